The monoisotopic (exact) mass is 617 g/mol. The van der Waals surface area contributed by atoms with Crippen molar-refractivity contribution in [2.75, 3.05) is 0 Å². The van der Waals surface area contributed by atoms with Gasteiger partial charge in [0, 0.05) is 24.9 Å². The predicted octanol–water partition coefficient (Wildman–Crippen LogP) is -6.40. The zero-order valence-electron chi connectivity index (χ0n) is 20.0. The van der Waals surface area contributed by atoms with Crippen LogP contribution in [0, 0.1) is 0 Å². The van der Waals surface area contributed by atoms with Gasteiger partial charge in [-0.15, -0.1) is 0 Å². The van der Waals surface area contributed by atoms with E-state index in [0.717, 1.165) is 0 Å². The van der Waals surface area contributed by atoms with Crippen LogP contribution in [0.25, 0.3) is 0 Å². The molecule has 0 aliphatic heterocycles. The van der Waals surface area contributed by atoms with Crippen molar-refractivity contribution >= 4 is 47.8 Å². The second-order valence-electron chi connectivity index (χ2n) is 6.80. The van der Waals surface area contributed by atoms with Crippen LogP contribution in [0.15, 0.2) is 0 Å². The molecule has 4 atom stereocenters. The number of aliphatic carboxylic acids is 8. The normalized spacial score (nSPS) is 12.2. The number of carboxylic acids is 8. The first kappa shape index (κ1) is 45.1. The van der Waals surface area contributed by atoms with Crippen LogP contribution in [0.2, 0.25) is 0 Å². The van der Waals surface area contributed by atoms with E-state index in [0.29, 0.717) is 0 Å². The van der Waals surface area contributed by atoms with Crippen LogP contribution in [0.5, 0.6) is 0 Å². The number of carboxylic acid groups (broad SMARTS) is 8. The largest absolute Gasteiger partial charge is 2.00 e. The van der Waals surface area contributed by atoms with Crippen LogP contribution in [-0.2, 0) is 55.1 Å². The van der Waals surface area contributed by atoms with E-state index in [9.17, 15) is 48.6 Å². The fourth-order valence-electron chi connectivity index (χ4n) is 1.34. The summed E-state index contributed by atoms with van der Waals surface area (Å²) in [5.74, 6) is -9.94. The zero-order chi connectivity index (χ0) is 31.2. The Balaban J connectivity index is -0.000000131. The molecule has 0 aromatic carbocycles. The van der Waals surface area contributed by atoms with E-state index in [-0.39, 0.29) is 42.5 Å². The van der Waals surface area contributed by atoms with Crippen molar-refractivity contribution in [3.8, 4) is 0 Å². The van der Waals surface area contributed by atoms with Crippen LogP contribution in [0.3, 0.4) is 0 Å². The third-order valence-electron chi connectivity index (χ3n) is 3.37. The van der Waals surface area contributed by atoms with E-state index in [1.54, 1.807) is 0 Å². The number of nitrogens with two attached hydrogens (primary N) is 4. The van der Waals surface area contributed by atoms with E-state index in [1.807, 2.05) is 0 Å². The van der Waals surface area contributed by atoms with Crippen molar-refractivity contribution < 1.29 is 96.0 Å². The Bertz CT molecular complexity index is 759. The molecule has 0 aromatic rings. The molecule has 0 spiro atoms. The molecule has 0 rings (SSSR count). The third kappa shape index (κ3) is 38.8. The molecule has 14 N–H and O–H groups in total. The molecule has 0 unspecified atom stereocenters. The van der Waals surface area contributed by atoms with Gasteiger partial charge in [-0.1, -0.05) is 0 Å². The third-order valence-corrected chi connectivity index (χ3v) is 3.37. The fraction of sp³-hybridized carbons (Fsp3) is 0.556. The maximum Gasteiger partial charge on any atom is 2.00 e. The summed E-state index contributed by atoms with van der Waals surface area (Å²) in [6, 6.07) is -4.92. The Kier molecular flexibility index (Phi) is 29.7. The zero-order valence-corrected chi connectivity index (χ0v) is 21.0. The molecule has 227 valence electrons. The van der Waals surface area contributed by atoms with Gasteiger partial charge in [-0.25, -0.2) is 0 Å². The summed E-state index contributed by atoms with van der Waals surface area (Å²) in [7, 11) is 0. The molecule has 1 radical (unpaired) electrons. The number of hydrogen-bond donors (Lipinski definition) is 10. The van der Waals surface area contributed by atoms with Crippen LogP contribution in [0.4, 0.5) is 0 Å². The fourth-order valence-corrected chi connectivity index (χ4v) is 1.34. The smallest absolute Gasteiger partial charge is 0.548 e. The van der Waals surface area contributed by atoms with Gasteiger partial charge in [-0.05, 0) is 12.8 Å². The minimum Gasteiger partial charge on any atom is -0.548 e. The summed E-state index contributed by atoms with van der Waals surface area (Å²) in [6.07, 6.45) is -1.72. The summed E-state index contributed by atoms with van der Waals surface area (Å²) < 4.78 is 0. The maximum atomic E-state index is 9.88. The summed E-state index contributed by atoms with van der Waals surface area (Å²) >= 11 is 0. The number of carbonyl (C=O) groups is 8. The molecule has 0 aliphatic carbocycles. The summed E-state index contributed by atoms with van der Waals surface area (Å²) in [5.41, 5.74) is 19.6. The number of carbonyl (C=O) groups excluding carboxylic acids is 2. The van der Waals surface area contributed by atoms with E-state index < -0.39 is 84.8 Å². The Hall–Kier alpha value is -3.89. The van der Waals surface area contributed by atoms with Gasteiger partial charge in [0.1, 0.15) is 12.1 Å². The molecular formula is C18H30CoN4O16. The van der Waals surface area contributed by atoms with Crippen LogP contribution >= 0.6 is 0 Å². The Morgan fingerprint density at radius 3 is 0.821 bits per heavy atom. The molecule has 21 heteroatoms. The minimum absolute atomic E-state index is 0. The first-order chi connectivity index (χ1) is 17.1. The van der Waals surface area contributed by atoms with Gasteiger partial charge >= 0.3 is 52.6 Å². The molecule has 39 heavy (non-hydrogen) atoms. The summed E-state index contributed by atoms with van der Waals surface area (Å²) in [4.78, 5) is 78.7. The van der Waals surface area contributed by atoms with Crippen molar-refractivity contribution in [3.63, 3.8) is 0 Å². The molecule has 0 saturated carbocycles. The molecule has 0 heterocycles. The minimum atomic E-state index is -1.42. The Morgan fingerprint density at radius 2 is 0.718 bits per heavy atom. The predicted molar refractivity (Wildman–Crippen MR) is 115 cm³/mol. The quantitative estimate of drug-likeness (QED) is 0.0865. The van der Waals surface area contributed by atoms with Gasteiger partial charge < -0.3 is 73.4 Å². The standard InChI is InChI=1S/2C5H9NO4.2C4H7NO4.Co/c2*6-3(5(9)10)1-2-4(7)8;2*5-2(4(8)9)1-3(6)7;/h2*3H,1-2,6H2,(H,7,8)(H,9,10);2*2H,1,5H2,(H,6,7)(H,8,9);/q;;;;+2/p-2/t2*3-;2*2-;/m0000./s1. The van der Waals surface area contributed by atoms with Gasteiger partial charge in [0.25, 0.3) is 0 Å². The molecule has 0 bridgehead atoms. The second kappa shape index (κ2) is 25.7. The average Bonchev–Trinajstić information content (AvgIpc) is 2.75. The second-order valence-corrected chi connectivity index (χ2v) is 6.80. The van der Waals surface area contributed by atoms with Gasteiger partial charge in [0.05, 0.1) is 24.8 Å². The van der Waals surface area contributed by atoms with E-state index in [2.05, 4.69) is 0 Å². The van der Waals surface area contributed by atoms with Crippen molar-refractivity contribution in [2.45, 2.75) is 62.7 Å². The molecule has 0 aliphatic rings. The van der Waals surface area contributed by atoms with Gasteiger partial charge in [-0.3, -0.25) is 28.8 Å². The van der Waals surface area contributed by atoms with Gasteiger partial charge in [0.15, 0.2) is 0 Å². The van der Waals surface area contributed by atoms with Crippen LogP contribution in [-0.4, -0.2) is 103 Å². The molecule has 0 aromatic heterocycles. The van der Waals surface area contributed by atoms with E-state index >= 15 is 0 Å². The van der Waals surface area contributed by atoms with Crippen molar-refractivity contribution in [3.05, 3.63) is 0 Å². The molecular weight excluding hydrogens is 587 g/mol. The van der Waals surface area contributed by atoms with Crippen molar-refractivity contribution in [1.82, 2.24) is 0 Å². The maximum absolute atomic E-state index is 9.88. The van der Waals surface area contributed by atoms with Crippen LogP contribution in [0.1, 0.15) is 38.5 Å². The summed E-state index contributed by atoms with van der Waals surface area (Å²) in [6.45, 7) is 0. The SMILES string of the molecule is N[C@@H](CC(=O)O)C(=O)O.N[C@@H](CC(=O)O)C(=O)O.N[C@@H](CCC(=O)O)C(=O)[O-].N[C@@H](CCC(=O)O)C(=O)[O-].[Co+2]. The first-order valence-corrected chi connectivity index (χ1v) is 9.92. The van der Waals surface area contributed by atoms with E-state index in [4.69, 9.17) is 53.6 Å². The molecule has 0 saturated heterocycles. The molecule has 0 fully saturated rings. The topological polar surface area (TPSA) is 408 Å². The summed E-state index contributed by atoms with van der Waals surface area (Å²) in [5, 5.41) is 68.0. The molecule has 20 nitrogen and oxygen atoms in total. The van der Waals surface area contributed by atoms with Gasteiger partial charge in [0.2, 0.25) is 0 Å². The van der Waals surface area contributed by atoms with Crippen LogP contribution < -0.4 is 33.1 Å². The van der Waals surface area contributed by atoms with E-state index in [1.165, 1.54) is 0 Å². The average molecular weight is 617 g/mol. The van der Waals surface area contributed by atoms with Crippen molar-refractivity contribution in [2.24, 2.45) is 22.9 Å². The first-order valence-electron chi connectivity index (χ1n) is 9.92. The van der Waals surface area contributed by atoms with Gasteiger partial charge in [-0.2, -0.15) is 0 Å². The van der Waals surface area contributed by atoms with Crippen molar-refractivity contribution in [1.29, 1.82) is 0 Å². The Morgan fingerprint density at radius 1 is 0.487 bits per heavy atom. The molecule has 0 amide bonds. The number of hydrogen-bond acceptors (Lipinski definition) is 14. The number of rotatable bonds is 14. The Labute approximate surface area is 229 Å².